The molecule has 3 saturated heterocycles. The smallest absolute Gasteiger partial charge is 0.284 e. The van der Waals surface area contributed by atoms with E-state index in [4.69, 9.17) is 35.6 Å². The first-order valence-electron chi connectivity index (χ1n) is 18.1. The van der Waals surface area contributed by atoms with Crippen molar-refractivity contribution < 1.29 is 37.7 Å². The predicted octanol–water partition coefficient (Wildman–Crippen LogP) is 4.25. The molecule has 14 heteroatoms. The number of methoxy groups -OCH3 is 1. The first-order valence-corrected chi connectivity index (χ1v) is 18.5. The van der Waals surface area contributed by atoms with Gasteiger partial charge in [0, 0.05) is 39.3 Å². The Balaban J connectivity index is 1.12. The highest BCUT2D eigenvalue weighted by Gasteiger charge is 2.39. The number of hydrogen-bond donors (Lipinski definition) is 4. The number of nitrogens with one attached hydrogen (secondary N) is 4. The lowest BCUT2D eigenvalue weighted by Crippen LogP contribution is -2.51. The fraction of sp³-hybridized carbons (Fsp3) is 0.750. The average molecular weight is 720 g/mol. The number of aryl methyl sites for hydroxylation is 1. The van der Waals surface area contributed by atoms with Crippen molar-refractivity contribution in [3.8, 4) is 0 Å². The molecule has 3 aliphatic rings. The van der Waals surface area contributed by atoms with E-state index in [0.717, 1.165) is 57.1 Å². The quantitative estimate of drug-likeness (QED) is 0.0923. The molecule has 50 heavy (non-hydrogen) atoms. The number of carbonyl (C=O) groups excluding carboxylic acids is 3. The second-order valence-corrected chi connectivity index (χ2v) is 14.6. The number of amides is 3. The van der Waals surface area contributed by atoms with E-state index in [1.807, 2.05) is 13.8 Å². The van der Waals surface area contributed by atoms with E-state index in [1.165, 1.54) is 5.57 Å². The third-order valence-electron chi connectivity index (χ3n) is 9.98. The molecule has 0 saturated carbocycles. The van der Waals surface area contributed by atoms with Crippen molar-refractivity contribution in [2.45, 2.75) is 134 Å². The number of H-pyrrole nitrogens is 1. The molecule has 280 valence electrons. The van der Waals surface area contributed by atoms with Gasteiger partial charge in [-0.1, -0.05) is 33.9 Å². The lowest BCUT2D eigenvalue weighted by molar-refractivity contribution is -0.131. The molecule has 0 spiro atoms. The van der Waals surface area contributed by atoms with Crippen molar-refractivity contribution in [3.05, 3.63) is 35.0 Å². The summed E-state index contributed by atoms with van der Waals surface area (Å²) in [5, 5.41) is 14.7. The SMILES string of the molecule is C=C1CCO[C@H]1CC[C@H]1C[C@@H](C)C(=C)[C@@H](C[C@H]2C[C@@H](OC)[C@@H](CCCNC(=O)CNC(=O)C(NC(=O)CCCc3n[nH]c(=S)o3)C(C)C)O2)O1. The number of aromatic amines is 1. The molecule has 0 aromatic carbocycles. The first kappa shape index (κ1) is 39.9. The summed E-state index contributed by atoms with van der Waals surface area (Å²) in [7, 11) is 1.71. The van der Waals surface area contributed by atoms with Crippen LogP contribution < -0.4 is 16.0 Å². The Morgan fingerprint density at radius 1 is 1.04 bits per heavy atom. The van der Waals surface area contributed by atoms with Gasteiger partial charge in [0.15, 0.2) is 0 Å². The molecule has 3 amide bonds. The van der Waals surface area contributed by atoms with Gasteiger partial charge in [-0.05, 0) is 80.1 Å². The van der Waals surface area contributed by atoms with Gasteiger partial charge in [-0.15, -0.1) is 5.10 Å². The van der Waals surface area contributed by atoms with Crippen LogP contribution >= 0.6 is 12.2 Å². The van der Waals surface area contributed by atoms with Gasteiger partial charge >= 0.3 is 0 Å². The van der Waals surface area contributed by atoms with E-state index in [1.54, 1.807) is 7.11 Å². The highest BCUT2D eigenvalue weighted by atomic mass is 32.1. The fourth-order valence-electron chi connectivity index (χ4n) is 6.98. The van der Waals surface area contributed by atoms with Crippen LogP contribution in [0.4, 0.5) is 0 Å². The van der Waals surface area contributed by atoms with Crippen molar-refractivity contribution in [2.75, 3.05) is 26.8 Å². The zero-order valence-corrected chi connectivity index (χ0v) is 30.9. The summed E-state index contributed by atoms with van der Waals surface area (Å²) < 4.78 is 29.8. The summed E-state index contributed by atoms with van der Waals surface area (Å²) in [4.78, 5) is 38.0. The Morgan fingerprint density at radius 3 is 2.52 bits per heavy atom. The monoisotopic (exact) mass is 719 g/mol. The Bertz CT molecular complexity index is 1360. The van der Waals surface area contributed by atoms with Crippen LogP contribution in [0.5, 0.6) is 0 Å². The lowest BCUT2D eigenvalue weighted by atomic mass is 9.85. The average Bonchev–Trinajstić information content (AvgIpc) is 3.81. The molecule has 8 atom stereocenters. The van der Waals surface area contributed by atoms with Crippen molar-refractivity contribution in [1.82, 2.24) is 26.1 Å². The van der Waals surface area contributed by atoms with Crippen molar-refractivity contribution in [2.24, 2.45) is 11.8 Å². The van der Waals surface area contributed by atoms with Gasteiger partial charge in [0.25, 0.3) is 4.84 Å². The first-order chi connectivity index (χ1) is 23.9. The van der Waals surface area contributed by atoms with Crippen LogP contribution in [0.1, 0.15) is 90.9 Å². The van der Waals surface area contributed by atoms with Crippen LogP contribution in [0.2, 0.25) is 0 Å². The molecule has 1 aromatic heterocycles. The van der Waals surface area contributed by atoms with Gasteiger partial charge in [-0.3, -0.25) is 14.4 Å². The third kappa shape index (κ3) is 12.1. The summed E-state index contributed by atoms with van der Waals surface area (Å²) in [5.74, 6) is -0.333. The van der Waals surface area contributed by atoms with Crippen molar-refractivity contribution in [3.63, 3.8) is 0 Å². The molecular weight excluding hydrogens is 662 g/mol. The Labute approximate surface area is 301 Å². The maximum Gasteiger partial charge on any atom is 0.284 e. The molecule has 0 radical (unpaired) electrons. The van der Waals surface area contributed by atoms with Crippen LogP contribution in [0.15, 0.2) is 28.7 Å². The summed E-state index contributed by atoms with van der Waals surface area (Å²) in [6.45, 7) is 15.4. The summed E-state index contributed by atoms with van der Waals surface area (Å²) in [6, 6.07) is -0.764. The number of aromatic nitrogens is 2. The van der Waals surface area contributed by atoms with Gasteiger partial charge in [0.1, 0.15) is 6.04 Å². The third-order valence-corrected chi connectivity index (χ3v) is 10.2. The van der Waals surface area contributed by atoms with E-state index in [-0.39, 0.29) is 72.2 Å². The van der Waals surface area contributed by atoms with Gasteiger partial charge in [-0.2, -0.15) is 0 Å². The summed E-state index contributed by atoms with van der Waals surface area (Å²) in [5.41, 5.74) is 2.32. The summed E-state index contributed by atoms with van der Waals surface area (Å²) in [6.07, 6.45) is 8.01. The Morgan fingerprint density at radius 2 is 1.84 bits per heavy atom. The molecule has 0 aliphatic carbocycles. The minimum absolute atomic E-state index is 0.00152. The maximum atomic E-state index is 12.8. The number of carbonyl (C=O) groups is 3. The van der Waals surface area contributed by atoms with Crippen LogP contribution in [0.3, 0.4) is 0 Å². The standard InChI is InChI=1S/C36H57N5O8S/c1-21(2)34(39-31(42)10-7-11-33-40-41-36(50)49-33)35(44)38-20-32(43)37-15-8-9-28-30(45-6)19-26(48-28)18-29-24(5)23(4)17-25(47-29)12-13-27-22(3)14-16-46-27/h21,23,25-30,34H,3,5,7-20H2,1-2,4,6H3,(H,37,43)(H,38,44)(H,39,42)(H,41,50)/t23-,25+,26+,27+,28-,29-,30-,34?/m1/s1. The predicted molar refractivity (Wildman–Crippen MR) is 190 cm³/mol. The highest BCUT2D eigenvalue weighted by molar-refractivity contribution is 7.71. The summed E-state index contributed by atoms with van der Waals surface area (Å²) >= 11 is 4.85. The van der Waals surface area contributed by atoms with Crippen LogP contribution in [-0.4, -0.2) is 97.4 Å². The van der Waals surface area contributed by atoms with Gasteiger partial charge < -0.3 is 39.3 Å². The van der Waals surface area contributed by atoms with Gasteiger partial charge in [0.2, 0.25) is 23.6 Å². The molecular formula is C36H57N5O8S. The largest absolute Gasteiger partial charge is 0.414 e. The molecule has 4 rings (SSSR count). The van der Waals surface area contributed by atoms with Gasteiger partial charge in [-0.25, -0.2) is 5.10 Å². The molecule has 1 aromatic rings. The van der Waals surface area contributed by atoms with Crippen molar-refractivity contribution >= 4 is 29.9 Å². The van der Waals surface area contributed by atoms with Crippen molar-refractivity contribution in [1.29, 1.82) is 0 Å². The molecule has 3 fully saturated rings. The minimum atomic E-state index is -0.764. The topological polar surface area (TPSA) is 166 Å². The second kappa shape index (κ2) is 19.6. The van der Waals surface area contributed by atoms with E-state index in [2.05, 4.69) is 46.2 Å². The van der Waals surface area contributed by atoms with E-state index < -0.39 is 11.9 Å². The molecule has 13 nitrogen and oxygen atoms in total. The maximum absolute atomic E-state index is 12.8. The number of hydrogen-bond acceptors (Lipinski definition) is 10. The van der Waals surface area contributed by atoms with E-state index in [0.29, 0.717) is 37.6 Å². The van der Waals surface area contributed by atoms with Crippen LogP contribution in [0.25, 0.3) is 0 Å². The number of rotatable bonds is 19. The molecule has 1 unspecified atom stereocenters. The lowest BCUT2D eigenvalue weighted by Gasteiger charge is -2.37. The molecule has 3 aliphatic heterocycles. The molecule has 4 heterocycles. The normalized spacial score (nSPS) is 27.4. The zero-order chi connectivity index (χ0) is 36.2. The molecule has 4 N–H and O–H groups in total. The minimum Gasteiger partial charge on any atom is -0.414 e. The number of ether oxygens (including phenoxy) is 4. The Kier molecular flexibility index (Phi) is 15.7. The molecule has 0 bridgehead atoms. The zero-order valence-electron chi connectivity index (χ0n) is 30.1. The second-order valence-electron chi connectivity index (χ2n) is 14.2. The van der Waals surface area contributed by atoms with Crippen LogP contribution in [-0.2, 0) is 39.8 Å². The number of nitrogens with zero attached hydrogens (tertiary/aromatic N) is 1. The van der Waals surface area contributed by atoms with E-state index >= 15 is 0 Å². The van der Waals surface area contributed by atoms with E-state index in [9.17, 15) is 14.4 Å². The highest BCUT2D eigenvalue weighted by Crippen LogP contribution is 2.37. The van der Waals surface area contributed by atoms with Gasteiger partial charge in [0.05, 0.1) is 49.8 Å². The Hall–Kier alpha value is -2.91. The fourth-order valence-corrected chi connectivity index (χ4v) is 7.12. The van der Waals surface area contributed by atoms with Crippen LogP contribution in [0, 0.1) is 16.7 Å².